The van der Waals surface area contributed by atoms with Gasteiger partial charge in [0.25, 0.3) is 0 Å². The number of rotatable bonds is 11. The van der Waals surface area contributed by atoms with Crippen LogP contribution in [0.5, 0.6) is 5.75 Å². The minimum atomic E-state index is 0.451. The second-order valence-corrected chi connectivity index (χ2v) is 9.22. The van der Waals surface area contributed by atoms with Crippen molar-refractivity contribution in [1.82, 2.24) is 15.3 Å². The molecule has 6 nitrogen and oxygen atoms in total. The molecule has 2 aromatic carbocycles. The van der Waals surface area contributed by atoms with E-state index in [1.54, 1.807) is 0 Å². The highest BCUT2D eigenvalue weighted by atomic mass is 16.5. The second-order valence-electron chi connectivity index (χ2n) is 9.22. The van der Waals surface area contributed by atoms with E-state index in [0.29, 0.717) is 6.04 Å². The van der Waals surface area contributed by atoms with Gasteiger partial charge in [0.15, 0.2) is 0 Å². The predicted molar refractivity (Wildman–Crippen MR) is 137 cm³/mol. The molecule has 1 heterocycles. The number of unbranched alkanes of at least 4 members (excludes halogenated alkanes) is 1. The zero-order valence-corrected chi connectivity index (χ0v) is 20.0. The van der Waals surface area contributed by atoms with Crippen molar-refractivity contribution in [3.8, 4) is 5.75 Å². The van der Waals surface area contributed by atoms with Gasteiger partial charge >= 0.3 is 0 Å². The quantitative estimate of drug-likeness (QED) is 0.398. The number of benzene rings is 2. The topological polar surface area (TPSA) is 62.3 Å². The molecule has 33 heavy (non-hydrogen) atoms. The summed E-state index contributed by atoms with van der Waals surface area (Å²) >= 11 is 0. The predicted octanol–water partition coefficient (Wildman–Crippen LogP) is 5.12. The Kier molecular flexibility index (Phi) is 8.36. The Balaban J connectivity index is 1.14. The number of ether oxygens (including phenoxy) is 1. The summed E-state index contributed by atoms with van der Waals surface area (Å²) in [7, 11) is 4.07. The fourth-order valence-electron chi connectivity index (χ4n) is 4.52. The molecule has 0 radical (unpaired) electrons. The van der Waals surface area contributed by atoms with Crippen LogP contribution < -0.4 is 20.3 Å². The molecule has 0 bridgehead atoms. The lowest BCUT2D eigenvalue weighted by Gasteiger charge is -2.29. The maximum absolute atomic E-state index is 5.76. The highest BCUT2D eigenvalue weighted by Gasteiger charge is 2.22. The Morgan fingerprint density at radius 3 is 2.45 bits per heavy atom. The van der Waals surface area contributed by atoms with Gasteiger partial charge in [-0.1, -0.05) is 30.3 Å². The molecule has 3 aromatic rings. The Morgan fingerprint density at radius 1 is 0.909 bits per heavy atom. The molecule has 2 N–H and O–H groups in total. The summed E-state index contributed by atoms with van der Waals surface area (Å²) in [5, 5.41) is 8.35. The smallest absolute Gasteiger partial charge is 0.225 e. The van der Waals surface area contributed by atoms with Gasteiger partial charge in [-0.2, -0.15) is 4.98 Å². The van der Waals surface area contributed by atoms with Gasteiger partial charge in [-0.25, -0.2) is 4.98 Å². The molecule has 0 atom stereocenters. The molecule has 0 amide bonds. The van der Waals surface area contributed by atoms with Gasteiger partial charge < -0.3 is 20.3 Å². The fourth-order valence-corrected chi connectivity index (χ4v) is 4.52. The van der Waals surface area contributed by atoms with Crippen molar-refractivity contribution in [2.24, 2.45) is 5.92 Å². The maximum Gasteiger partial charge on any atom is 0.225 e. The zero-order valence-electron chi connectivity index (χ0n) is 20.0. The SMILES string of the molecule is CN(C)c1nc(NC2CCC(CNCCCCOc3ccccc3)CC2)nc2ccccc12. The monoisotopic (exact) mass is 447 g/mol. The summed E-state index contributed by atoms with van der Waals surface area (Å²) in [6.45, 7) is 2.97. The molecule has 1 aromatic heterocycles. The van der Waals surface area contributed by atoms with E-state index in [2.05, 4.69) is 27.7 Å². The van der Waals surface area contributed by atoms with Crippen LogP contribution in [0.25, 0.3) is 10.9 Å². The lowest BCUT2D eigenvalue weighted by atomic mass is 9.86. The molecule has 4 rings (SSSR count). The number of hydrogen-bond donors (Lipinski definition) is 2. The number of nitrogens with one attached hydrogen (secondary N) is 2. The van der Waals surface area contributed by atoms with Gasteiger partial charge in [0.2, 0.25) is 5.95 Å². The first-order valence-electron chi connectivity index (χ1n) is 12.3. The molecular weight excluding hydrogens is 410 g/mol. The van der Waals surface area contributed by atoms with Gasteiger partial charge in [-0.15, -0.1) is 0 Å². The summed E-state index contributed by atoms with van der Waals surface area (Å²) < 4.78 is 5.76. The van der Waals surface area contributed by atoms with Crippen molar-refractivity contribution < 1.29 is 4.74 Å². The van der Waals surface area contributed by atoms with Crippen molar-refractivity contribution in [3.63, 3.8) is 0 Å². The van der Waals surface area contributed by atoms with Gasteiger partial charge in [0.1, 0.15) is 11.6 Å². The van der Waals surface area contributed by atoms with Crippen LogP contribution in [0.3, 0.4) is 0 Å². The van der Waals surface area contributed by atoms with E-state index in [1.165, 1.54) is 25.7 Å². The minimum Gasteiger partial charge on any atom is -0.494 e. The standard InChI is InChI=1S/C27H37N5O/c1-32(2)26-24-12-6-7-13-25(24)30-27(31-26)29-22-16-14-21(15-17-22)20-28-18-8-9-19-33-23-10-4-3-5-11-23/h3-7,10-13,21-22,28H,8-9,14-20H2,1-2H3,(H,29,30,31). The number of para-hydroxylation sites is 2. The van der Waals surface area contributed by atoms with E-state index >= 15 is 0 Å². The average molecular weight is 448 g/mol. The summed E-state index contributed by atoms with van der Waals surface area (Å²) in [5.74, 6) is 3.44. The third kappa shape index (κ3) is 6.81. The van der Waals surface area contributed by atoms with Crippen molar-refractivity contribution in [1.29, 1.82) is 0 Å². The molecule has 0 saturated heterocycles. The van der Waals surface area contributed by atoms with Crippen LogP contribution in [0, 0.1) is 5.92 Å². The first-order valence-corrected chi connectivity index (χ1v) is 12.3. The molecule has 0 aliphatic heterocycles. The Morgan fingerprint density at radius 2 is 1.67 bits per heavy atom. The first kappa shape index (κ1) is 23.3. The largest absolute Gasteiger partial charge is 0.494 e. The van der Waals surface area contributed by atoms with E-state index in [9.17, 15) is 0 Å². The molecule has 1 aliphatic rings. The normalized spacial score (nSPS) is 18.2. The van der Waals surface area contributed by atoms with Gasteiger partial charge in [-0.3, -0.25) is 0 Å². The highest BCUT2D eigenvalue weighted by Crippen LogP contribution is 2.28. The van der Waals surface area contributed by atoms with Crippen LogP contribution in [0.1, 0.15) is 38.5 Å². The maximum atomic E-state index is 5.76. The Labute approximate surface area is 197 Å². The van der Waals surface area contributed by atoms with E-state index in [4.69, 9.17) is 14.7 Å². The third-order valence-electron chi connectivity index (χ3n) is 6.38. The number of nitrogens with zero attached hydrogens (tertiary/aromatic N) is 3. The van der Waals surface area contributed by atoms with Crippen molar-refractivity contribution in [3.05, 3.63) is 54.6 Å². The van der Waals surface area contributed by atoms with Crippen LogP contribution in [-0.2, 0) is 0 Å². The lowest BCUT2D eigenvalue weighted by molar-refractivity contribution is 0.299. The van der Waals surface area contributed by atoms with Crippen LogP contribution in [-0.4, -0.2) is 49.8 Å². The van der Waals surface area contributed by atoms with Crippen LogP contribution in [0.4, 0.5) is 11.8 Å². The van der Waals surface area contributed by atoms with E-state index < -0.39 is 0 Å². The van der Waals surface area contributed by atoms with Crippen LogP contribution >= 0.6 is 0 Å². The average Bonchev–Trinajstić information content (AvgIpc) is 2.84. The summed E-state index contributed by atoms with van der Waals surface area (Å²) in [6.07, 6.45) is 7.07. The van der Waals surface area contributed by atoms with Gasteiger partial charge in [0, 0.05) is 25.5 Å². The molecule has 0 spiro atoms. The van der Waals surface area contributed by atoms with Crippen LogP contribution in [0.2, 0.25) is 0 Å². The molecule has 176 valence electrons. The molecular formula is C27H37N5O. The molecule has 6 heteroatoms. The molecule has 0 unspecified atom stereocenters. The number of hydrogen-bond acceptors (Lipinski definition) is 6. The number of fused-ring (bicyclic) bond motifs is 1. The molecule has 1 fully saturated rings. The lowest BCUT2D eigenvalue weighted by Crippen LogP contribution is -2.32. The van der Waals surface area contributed by atoms with E-state index in [0.717, 1.165) is 66.9 Å². The van der Waals surface area contributed by atoms with Crippen LogP contribution in [0.15, 0.2) is 54.6 Å². The van der Waals surface area contributed by atoms with Crippen molar-refractivity contribution >= 4 is 22.7 Å². The molecule has 1 aliphatic carbocycles. The summed E-state index contributed by atoms with van der Waals surface area (Å²) in [5.41, 5.74) is 0.991. The summed E-state index contributed by atoms with van der Waals surface area (Å²) in [4.78, 5) is 11.6. The van der Waals surface area contributed by atoms with Crippen molar-refractivity contribution in [2.45, 2.75) is 44.6 Å². The van der Waals surface area contributed by atoms with Gasteiger partial charge in [0.05, 0.1) is 12.1 Å². The second kappa shape index (κ2) is 11.8. The fraction of sp³-hybridized carbons (Fsp3) is 0.481. The third-order valence-corrected chi connectivity index (χ3v) is 6.38. The van der Waals surface area contributed by atoms with Crippen molar-refractivity contribution in [2.75, 3.05) is 44.0 Å². The minimum absolute atomic E-state index is 0.451. The number of anilines is 2. The summed E-state index contributed by atoms with van der Waals surface area (Å²) in [6, 6.07) is 18.7. The van der Waals surface area contributed by atoms with Gasteiger partial charge in [-0.05, 0) is 81.8 Å². The van der Waals surface area contributed by atoms with E-state index in [1.807, 2.05) is 56.6 Å². The Hall–Kier alpha value is -2.86. The molecule has 1 saturated carbocycles. The highest BCUT2D eigenvalue weighted by molar-refractivity contribution is 5.90. The zero-order chi connectivity index (χ0) is 22.9. The Bertz CT molecular complexity index is 986. The first-order chi connectivity index (χ1) is 16.2. The van der Waals surface area contributed by atoms with E-state index in [-0.39, 0.29) is 0 Å². The number of aromatic nitrogens is 2.